The molecular formula is C10H15N. The number of rotatable bonds is 3. The molecular weight excluding hydrogens is 134 g/mol. The second kappa shape index (κ2) is 7.00. The lowest BCUT2D eigenvalue weighted by Gasteiger charge is -1.79. The number of allylic oxidation sites excluding steroid dienone is 5. The molecule has 11 heavy (non-hydrogen) atoms. The standard InChI is InChI=1S/C10H15N/c1-4-5-6-7-8-11-9-10(2)3/h4-9H,1-3H3/b5-4-,7-6-,11-8?. The maximum atomic E-state index is 4.03. The van der Waals surface area contributed by atoms with E-state index in [4.69, 9.17) is 0 Å². The summed E-state index contributed by atoms with van der Waals surface area (Å²) >= 11 is 0. The van der Waals surface area contributed by atoms with Gasteiger partial charge < -0.3 is 0 Å². The van der Waals surface area contributed by atoms with Crippen molar-refractivity contribution in [2.24, 2.45) is 4.99 Å². The van der Waals surface area contributed by atoms with E-state index in [1.807, 2.05) is 51.3 Å². The first kappa shape index (κ1) is 9.89. The Kier molecular flexibility index (Phi) is 6.30. The second-order valence-electron chi connectivity index (χ2n) is 2.42. The third-order valence-corrected chi connectivity index (χ3v) is 0.920. The Morgan fingerprint density at radius 2 is 1.82 bits per heavy atom. The van der Waals surface area contributed by atoms with Gasteiger partial charge in [0.25, 0.3) is 0 Å². The van der Waals surface area contributed by atoms with E-state index in [0.29, 0.717) is 0 Å². The molecule has 0 spiro atoms. The monoisotopic (exact) mass is 149 g/mol. The molecule has 0 amide bonds. The fourth-order valence-corrected chi connectivity index (χ4v) is 0.467. The van der Waals surface area contributed by atoms with Crippen molar-refractivity contribution in [1.82, 2.24) is 0 Å². The molecule has 0 rings (SSSR count). The van der Waals surface area contributed by atoms with Gasteiger partial charge in [-0.25, -0.2) is 0 Å². The molecule has 0 bridgehead atoms. The zero-order valence-electron chi connectivity index (χ0n) is 7.41. The van der Waals surface area contributed by atoms with Crippen LogP contribution < -0.4 is 0 Å². The Balaban J connectivity index is 3.69. The van der Waals surface area contributed by atoms with Crippen LogP contribution in [-0.2, 0) is 0 Å². The van der Waals surface area contributed by atoms with Gasteiger partial charge in [0.15, 0.2) is 0 Å². The number of hydrogen-bond donors (Lipinski definition) is 0. The third kappa shape index (κ3) is 8.89. The smallest absolute Gasteiger partial charge is 0.0267 e. The molecule has 0 saturated heterocycles. The van der Waals surface area contributed by atoms with Gasteiger partial charge in [-0.3, -0.25) is 4.99 Å². The molecule has 0 aromatic heterocycles. The van der Waals surface area contributed by atoms with Gasteiger partial charge in [0.2, 0.25) is 0 Å². The molecule has 0 aliphatic rings. The van der Waals surface area contributed by atoms with E-state index in [9.17, 15) is 0 Å². The lowest BCUT2D eigenvalue weighted by Crippen LogP contribution is -1.63. The van der Waals surface area contributed by atoms with Crippen molar-refractivity contribution >= 4 is 6.21 Å². The summed E-state index contributed by atoms with van der Waals surface area (Å²) in [6.07, 6.45) is 11.4. The van der Waals surface area contributed by atoms with E-state index in [0.717, 1.165) is 0 Å². The minimum Gasteiger partial charge on any atom is -0.265 e. The highest BCUT2D eigenvalue weighted by atomic mass is 14.7. The lowest BCUT2D eigenvalue weighted by atomic mass is 10.4. The van der Waals surface area contributed by atoms with Gasteiger partial charge in [-0.05, 0) is 26.8 Å². The molecule has 0 N–H and O–H groups in total. The normalized spacial score (nSPS) is 11.9. The van der Waals surface area contributed by atoms with Gasteiger partial charge in [0.05, 0.1) is 0 Å². The molecule has 0 saturated carbocycles. The summed E-state index contributed by atoms with van der Waals surface area (Å²) in [6.45, 7) is 6.03. The molecule has 1 heteroatoms. The van der Waals surface area contributed by atoms with Gasteiger partial charge >= 0.3 is 0 Å². The summed E-state index contributed by atoms with van der Waals surface area (Å²) in [7, 11) is 0. The van der Waals surface area contributed by atoms with Gasteiger partial charge in [0.1, 0.15) is 0 Å². The van der Waals surface area contributed by atoms with Crippen LogP contribution in [0.15, 0.2) is 41.1 Å². The first-order valence-corrected chi connectivity index (χ1v) is 3.72. The highest BCUT2D eigenvalue weighted by Gasteiger charge is 1.68. The molecule has 0 aromatic rings. The van der Waals surface area contributed by atoms with E-state index in [1.54, 1.807) is 6.21 Å². The van der Waals surface area contributed by atoms with Crippen LogP contribution in [0.4, 0.5) is 0 Å². The van der Waals surface area contributed by atoms with Crippen molar-refractivity contribution in [2.75, 3.05) is 0 Å². The Labute approximate surface area is 68.9 Å². The summed E-state index contributed by atoms with van der Waals surface area (Å²) in [5.41, 5.74) is 1.21. The Morgan fingerprint density at radius 3 is 2.36 bits per heavy atom. The lowest BCUT2D eigenvalue weighted by molar-refractivity contribution is 1.34. The van der Waals surface area contributed by atoms with Crippen molar-refractivity contribution in [3.8, 4) is 0 Å². The van der Waals surface area contributed by atoms with E-state index in [2.05, 4.69) is 4.99 Å². The average Bonchev–Trinajstić information content (AvgIpc) is 1.96. The molecule has 60 valence electrons. The molecule has 0 heterocycles. The van der Waals surface area contributed by atoms with Crippen LogP contribution in [0.1, 0.15) is 20.8 Å². The summed E-state index contributed by atoms with van der Waals surface area (Å²) in [5.74, 6) is 0. The topological polar surface area (TPSA) is 12.4 Å². The van der Waals surface area contributed by atoms with Crippen molar-refractivity contribution in [3.63, 3.8) is 0 Å². The molecule has 0 unspecified atom stereocenters. The van der Waals surface area contributed by atoms with Crippen LogP contribution >= 0.6 is 0 Å². The fraction of sp³-hybridized carbons (Fsp3) is 0.300. The maximum Gasteiger partial charge on any atom is 0.0267 e. The first-order valence-electron chi connectivity index (χ1n) is 3.72. The van der Waals surface area contributed by atoms with Crippen LogP contribution in [0.3, 0.4) is 0 Å². The van der Waals surface area contributed by atoms with Crippen LogP contribution in [0, 0.1) is 0 Å². The largest absolute Gasteiger partial charge is 0.265 e. The van der Waals surface area contributed by atoms with Crippen molar-refractivity contribution in [2.45, 2.75) is 20.8 Å². The van der Waals surface area contributed by atoms with Crippen LogP contribution in [0.5, 0.6) is 0 Å². The molecule has 0 radical (unpaired) electrons. The molecule has 0 aliphatic heterocycles. The van der Waals surface area contributed by atoms with Crippen LogP contribution in [0.2, 0.25) is 0 Å². The van der Waals surface area contributed by atoms with E-state index >= 15 is 0 Å². The first-order chi connectivity index (χ1) is 5.27. The summed E-state index contributed by atoms with van der Waals surface area (Å²) in [6, 6.07) is 0. The number of aliphatic imine (C=N–C) groups is 1. The minimum atomic E-state index is 1.21. The van der Waals surface area contributed by atoms with Crippen LogP contribution in [0.25, 0.3) is 0 Å². The predicted octanol–water partition coefficient (Wildman–Crippen LogP) is 3.11. The van der Waals surface area contributed by atoms with Gasteiger partial charge in [-0.2, -0.15) is 0 Å². The maximum absolute atomic E-state index is 4.03. The fourth-order valence-electron chi connectivity index (χ4n) is 0.467. The highest BCUT2D eigenvalue weighted by Crippen LogP contribution is 1.87. The SMILES string of the molecule is C/C=C\C=C/C=NC=C(C)C. The predicted molar refractivity (Wildman–Crippen MR) is 51.9 cm³/mol. The number of nitrogens with zero attached hydrogens (tertiary/aromatic N) is 1. The Morgan fingerprint density at radius 1 is 1.09 bits per heavy atom. The summed E-state index contributed by atoms with van der Waals surface area (Å²) in [5, 5.41) is 0. The number of hydrogen-bond acceptors (Lipinski definition) is 1. The molecule has 0 aliphatic carbocycles. The summed E-state index contributed by atoms with van der Waals surface area (Å²) < 4.78 is 0. The summed E-state index contributed by atoms with van der Waals surface area (Å²) in [4.78, 5) is 4.03. The van der Waals surface area contributed by atoms with Crippen molar-refractivity contribution in [3.05, 3.63) is 36.1 Å². The van der Waals surface area contributed by atoms with Crippen LogP contribution in [-0.4, -0.2) is 6.21 Å². The average molecular weight is 149 g/mol. The Hall–Kier alpha value is -1.11. The van der Waals surface area contributed by atoms with E-state index in [1.165, 1.54) is 5.57 Å². The van der Waals surface area contributed by atoms with Gasteiger partial charge in [-0.15, -0.1) is 0 Å². The van der Waals surface area contributed by atoms with Gasteiger partial charge in [-0.1, -0.05) is 23.8 Å². The minimum absolute atomic E-state index is 1.21. The van der Waals surface area contributed by atoms with Gasteiger partial charge in [0, 0.05) is 12.4 Å². The van der Waals surface area contributed by atoms with Crippen molar-refractivity contribution < 1.29 is 0 Å². The van der Waals surface area contributed by atoms with E-state index < -0.39 is 0 Å². The van der Waals surface area contributed by atoms with Crippen molar-refractivity contribution in [1.29, 1.82) is 0 Å². The van der Waals surface area contributed by atoms with E-state index in [-0.39, 0.29) is 0 Å². The molecule has 1 nitrogen and oxygen atoms in total. The molecule has 0 atom stereocenters. The zero-order chi connectivity index (χ0) is 8.53. The Bertz CT molecular complexity index is 191. The third-order valence-electron chi connectivity index (χ3n) is 0.920. The quantitative estimate of drug-likeness (QED) is 0.432. The highest BCUT2D eigenvalue weighted by molar-refractivity contribution is 5.72. The zero-order valence-corrected chi connectivity index (χ0v) is 7.41. The molecule has 0 aromatic carbocycles. The second-order valence-corrected chi connectivity index (χ2v) is 2.42. The molecule has 0 fully saturated rings.